The molecule has 0 spiro atoms. The minimum absolute atomic E-state index is 0.0140. The maximum absolute atomic E-state index is 14.7. The van der Waals surface area contributed by atoms with Gasteiger partial charge in [-0.05, 0) is 31.0 Å². The van der Waals surface area contributed by atoms with Gasteiger partial charge in [0.1, 0.15) is 11.4 Å². The number of hydrogen-bond acceptors (Lipinski definition) is 6. The first kappa shape index (κ1) is 22.8. The molecule has 35 heavy (non-hydrogen) atoms. The number of piperidine rings is 1. The van der Waals surface area contributed by atoms with Crippen LogP contribution >= 0.6 is 0 Å². The first-order valence-electron chi connectivity index (χ1n) is 10.8. The van der Waals surface area contributed by atoms with Gasteiger partial charge in [0.2, 0.25) is 0 Å². The molecule has 12 heteroatoms. The van der Waals surface area contributed by atoms with Crippen molar-refractivity contribution in [3.8, 4) is 23.0 Å². The van der Waals surface area contributed by atoms with Crippen molar-refractivity contribution in [2.45, 2.75) is 31.1 Å². The SMILES string of the molecule is N#Cc1cccc(F)c1-c1cc(-n2ccc(N3CCC[C@](N)(C(F)(F)F)C3)n2)c2c(n1)CNC2=O. The Morgan fingerprint density at radius 1 is 1.23 bits per heavy atom. The zero-order valence-electron chi connectivity index (χ0n) is 18.2. The van der Waals surface area contributed by atoms with Gasteiger partial charge in [-0.1, -0.05) is 6.07 Å². The lowest BCUT2D eigenvalue weighted by atomic mass is 9.89. The predicted octanol–water partition coefficient (Wildman–Crippen LogP) is 3.05. The Morgan fingerprint density at radius 2 is 2.03 bits per heavy atom. The van der Waals surface area contributed by atoms with Crippen LogP contribution in [-0.2, 0) is 6.54 Å². The van der Waals surface area contributed by atoms with E-state index in [0.717, 1.165) is 0 Å². The third-order valence-corrected chi connectivity index (χ3v) is 6.34. The number of fused-ring (bicyclic) bond motifs is 1. The third-order valence-electron chi connectivity index (χ3n) is 6.34. The average Bonchev–Trinajstić information content (AvgIpc) is 3.45. The second-order valence-electron chi connectivity index (χ2n) is 8.60. The molecule has 1 aromatic carbocycles. The number of carbonyl (C=O) groups excluding carboxylic acids is 1. The van der Waals surface area contributed by atoms with E-state index in [0.29, 0.717) is 12.2 Å². The van der Waals surface area contributed by atoms with E-state index in [9.17, 15) is 27.6 Å². The molecule has 3 N–H and O–H groups in total. The van der Waals surface area contributed by atoms with E-state index in [2.05, 4.69) is 15.4 Å². The molecule has 3 aromatic rings. The molecule has 0 unspecified atom stereocenters. The van der Waals surface area contributed by atoms with Gasteiger partial charge >= 0.3 is 6.18 Å². The van der Waals surface area contributed by atoms with E-state index in [1.165, 1.54) is 46.1 Å². The van der Waals surface area contributed by atoms with Crippen LogP contribution in [0.15, 0.2) is 36.5 Å². The maximum atomic E-state index is 14.7. The van der Waals surface area contributed by atoms with Gasteiger partial charge in [-0.15, -0.1) is 0 Å². The Bertz CT molecular complexity index is 1380. The van der Waals surface area contributed by atoms with E-state index in [4.69, 9.17) is 5.73 Å². The first-order chi connectivity index (χ1) is 16.6. The van der Waals surface area contributed by atoms with Crippen molar-refractivity contribution in [1.82, 2.24) is 20.1 Å². The van der Waals surface area contributed by atoms with Crippen LogP contribution in [0.25, 0.3) is 16.9 Å². The van der Waals surface area contributed by atoms with Crippen molar-refractivity contribution in [2.24, 2.45) is 5.73 Å². The fraction of sp³-hybridized carbons (Fsp3) is 0.304. The Labute approximate surface area is 197 Å². The number of halogens is 4. The Morgan fingerprint density at radius 3 is 2.77 bits per heavy atom. The van der Waals surface area contributed by atoms with Crippen LogP contribution < -0.4 is 16.0 Å². The van der Waals surface area contributed by atoms with Gasteiger partial charge in [0, 0.05) is 25.4 Å². The first-order valence-corrected chi connectivity index (χ1v) is 10.8. The van der Waals surface area contributed by atoms with Crippen LogP contribution in [-0.4, -0.2) is 45.5 Å². The number of nitrogens with two attached hydrogens (primary N) is 1. The monoisotopic (exact) mass is 485 g/mol. The molecule has 4 heterocycles. The Balaban J connectivity index is 1.58. The number of aromatic nitrogens is 3. The normalized spacial score (nSPS) is 19.9. The molecule has 5 rings (SSSR count). The van der Waals surface area contributed by atoms with Gasteiger partial charge in [0.25, 0.3) is 5.91 Å². The molecule has 8 nitrogen and oxygen atoms in total. The maximum Gasteiger partial charge on any atom is 0.408 e. The standard InChI is InChI=1S/C23H19F4N7O/c24-14-4-1-3-13(10-28)19(14)15-9-17(20-16(31-15)11-30-21(20)35)34-8-5-18(32-34)33-7-2-6-22(29,12-33)23(25,26)27/h1,3-5,8-9H,2,6-7,11-12,29H2,(H,30,35)/t22-/m1/s1. The van der Waals surface area contributed by atoms with Gasteiger partial charge in [0.15, 0.2) is 5.82 Å². The summed E-state index contributed by atoms with van der Waals surface area (Å²) in [6, 6.07) is 8.99. The van der Waals surface area contributed by atoms with E-state index < -0.39 is 30.0 Å². The zero-order valence-corrected chi connectivity index (χ0v) is 18.2. The van der Waals surface area contributed by atoms with Crippen LogP contribution in [0.1, 0.15) is 34.5 Å². The van der Waals surface area contributed by atoms with Crippen molar-refractivity contribution in [1.29, 1.82) is 5.26 Å². The highest BCUT2D eigenvalue weighted by Gasteiger charge is 2.53. The fourth-order valence-electron chi connectivity index (χ4n) is 4.53. The summed E-state index contributed by atoms with van der Waals surface area (Å²) in [4.78, 5) is 18.4. The number of pyridine rings is 1. The Hall–Kier alpha value is -3.98. The highest BCUT2D eigenvalue weighted by Crippen LogP contribution is 2.37. The van der Waals surface area contributed by atoms with E-state index in [-0.39, 0.29) is 53.3 Å². The molecule has 1 saturated heterocycles. The van der Waals surface area contributed by atoms with E-state index in [1.54, 1.807) is 0 Å². The molecule has 1 amide bonds. The van der Waals surface area contributed by atoms with Crippen molar-refractivity contribution in [3.63, 3.8) is 0 Å². The second kappa shape index (κ2) is 8.06. The number of rotatable bonds is 3. The molecule has 2 aromatic heterocycles. The third kappa shape index (κ3) is 3.77. The van der Waals surface area contributed by atoms with Crippen molar-refractivity contribution < 1.29 is 22.4 Å². The number of amides is 1. The van der Waals surface area contributed by atoms with Gasteiger partial charge in [-0.25, -0.2) is 14.1 Å². The van der Waals surface area contributed by atoms with E-state index in [1.807, 2.05) is 6.07 Å². The highest BCUT2D eigenvalue weighted by atomic mass is 19.4. The predicted molar refractivity (Wildman–Crippen MR) is 117 cm³/mol. The van der Waals surface area contributed by atoms with Gasteiger partial charge in [0.05, 0.1) is 46.4 Å². The lowest BCUT2D eigenvalue weighted by molar-refractivity contribution is -0.187. The number of nitriles is 1. The van der Waals surface area contributed by atoms with Crippen molar-refractivity contribution >= 4 is 11.7 Å². The molecular weight excluding hydrogens is 466 g/mol. The summed E-state index contributed by atoms with van der Waals surface area (Å²) in [6.07, 6.45) is -3.00. The summed E-state index contributed by atoms with van der Waals surface area (Å²) in [5.41, 5.74) is 4.36. The molecule has 2 aliphatic rings. The van der Waals surface area contributed by atoms with Gasteiger partial charge in [-0.2, -0.15) is 23.5 Å². The van der Waals surface area contributed by atoms with Crippen LogP contribution in [0, 0.1) is 17.1 Å². The average molecular weight is 485 g/mol. The van der Waals surface area contributed by atoms with Crippen molar-refractivity contribution in [3.05, 3.63) is 59.2 Å². The van der Waals surface area contributed by atoms with Crippen LogP contribution in [0.3, 0.4) is 0 Å². The lowest BCUT2D eigenvalue weighted by Crippen LogP contribution is -2.63. The molecule has 1 atom stereocenters. The molecule has 0 aliphatic carbocycles. The number of hydrogen-bond donors (Lipinski definition) is 2. The minimum atomic E-state index is -4.56. The van der Waals surface area contributed by atoms with Crippen LogP contribution in [0.4, 0.5) is 23.4 Å². The molecule has 1 fully saturated rings. The summed E-state index contributed by atoms with van der Waals surface area (Å²) < 4.78 is 56.5. The number of alkyl halides is 3. The summed E-state index contributed by atoms with van der Waals surface area (Å²) in [5, 5.41) is 16.5. The zero-order chi connectivity index (χ0) is 25.0. The number of carbonyl (C=O) groups is 1. The lowest BCUT2D eigenvalue weighted by Gasteiger charge is -2.41. The largest absolute Gasteiger partial charge is 0.408 e. The molecule has 0 saturated carbocycles. The summed E-state index contributed by atoms with van der Waals surface area (Å²) in [5.74, 6) is -0.797. The molecular formula is C23H19F4N7O. The molecule has 0 radical (unpaired) electrons. The van der Waals surface area contributed by atoms with Crippen molar-refractivity contribution in [2.75, 3.05) is 18.0 Å². The summed E-state index contributed by atoms with van der Waals surface area (Å²) >= 11 is 0. The van der Waals surface area contributed by atoms with Crippen LogP contribution in [0.2, 0.25) is 0 Å². The topological polar surface area (TPSA) is 113 Å². The smallest absolute Gasteiger partial charge is 0.353 e. The Kier molecular flexibility index (Phi) is 5.25. The quantitative estimate of drug-likeness (QED) is 0.552. The minimum Gasteiger partial charge on any atom is -0.353 e. The van der Waals surface area contributed by atoms with Crippen LogP contribution in [0.5, 0.6) is 0 Å². The summed E-state index contributed by atoms with van der Waals surface area (Å²) in [7, 11) is 0. The number of nitrogens with one attached hydrogen (secondary N) is 1. The fourth-order valence-corrected chi connectivity index (χ4v) is 4.53. The number of benzene rings is 1. The number of anilines is 1. The second-order valence-corrected chi connectivity index (χ2v) is 8.60. The van der Waals surface area contributed by atoms with Gasteiger partial charge < -0.3 is 16.0 Å². The van der Waals surface area contributed by atoms with Gasteiger partial charge in [-0.3, -0.25) is 4.79 Å². The summed E-state index contributed by atoms with van der Waals surface area (Å²) in [6.45, 7) is -0.00564. The molecule has 0 bridgehead atoms. The highest BCUT2D eigenvalue weighted by molar-refractivity contribution is 6.01. The number of nitrogens with zero attached hydrogens (tertiary/aromatic N) is 5. The molecule has 2 aliphatic heterocycles. The van der Waals surface area contributed by atoms with E-state index >= 15 is 0 Å². The molecule has 180 valence electrons.